The third-order valence-corrected chi connectivity index (χ3v) is 5.49. The minimum atomic E-state index is -0.284. The monoisotopic (exact) mass is 462 g/mol. The summed E-state index contributed by atoms with van der Waals surface area (Å²) in [5, 5.41) is 7.73. The number of ether oxygens (including phenoxy) is 1. The molecule has 0 bridgehead atoms. The minimum absolute atomic E-state index is 0.0617. The molecule has 34 heavy (non-hydrogen) atoms. The first-order valence-electron chi connectivity index (χ1n) is 11.5. The summed E-state index contributed by atoms with van der Waals surface area (Å²) in [6, 6.07) is 19.5. The predicted molar refractivity (Wildman–Crippen MR) is 134 cm³/mol. The van der Waals surface area contributed by atoms with Crippen LogP contribution in [-0.4, -0.2) is 46.2 Å². The molecule has 0 aliphatic rings. The van der Waals surface area contributed by atoms with Gasteiger partial charge in [-0.05, 0) is 31.0 Å². The minimum Gasteiger partial charge on any atom is -0.367 e. The quantitative estimate of drug-likeness (QED) is 0.509. The van der Waals surface area contributed by atoms with Gasteiger partial charge in [-0.1, -0.05) is 69.3 Å². The molecule has 2 amide bonds. The van der Waals surface area contributed by atoms with Crippen molar-refractivity contribution in [3.05, 3.63) is 77.5 Å². The van der Waals surface area contributed by atoms with Crippen molar-refractivity contribution >= 4 is 17.6 Å². The van der Waals surface area contributed by atoms with E-state index in [9.17, 15) is 9.59 Å². The first-order chi connectivity index (χ1) is 16.2. The number of carbonyl (C=O) groups is 2. The summed E-state index contributed by atoms with van der Waals surface area (Å²) in [6.45, 7) is 10.7. The fourth-order valence-corrected chi connectivity index (χ4v) is 3.48. The molecule has 3 aromatic rings. The standard InChI is InChI=1S/C27H34N4O3/c1-6-30(26(33)19-34-18-21-13-8-7-9-14-21)17-25(32)28-24-16-23(27(3,4)5)29-31(24)22-15-11-10-12-20(22)2/h7-16H,6,17-19H2,1-5H3,(H,28,32). The van der Waals surface area contributed by atoms with Crippen LogP contribution < -0.4 is 5.32 Å². The molecule has 1 heterocycles. The number of nitrogens with zero attached hydrogens (tertiary/aromatic N) is 3. The SMILES string of the molecule is CCN(CC(=O)Nc1cc(C(C)(C)C)nn1-c1ccccc1C)C(=O)COCc1ccccc1. The number of para-hydroxylation sites is 1. The average Bonchev–Trinajstić information content (AvgIpc) is 3.22. The Kier molecular flexibility index (Phi) is 8.23. The number of carbonyl (C=O) groups excluding carboxylic acids is 2. The number of rotatable bonds is 9. The van der Waals surface area contributed by atoms with E-state index >= 15 is 0 Å². The van der Waals surface area contributed by atoms with Gasteiger partial charge in [0, 0.05) is 18.0 Å². The molecule has 0 fully saturated rings. The zero-order chi connectivity index (χ0) is 24.7. The highest BCUT2D eigenvalue weighted by molar-refractivity contribution is 5.94. The zero-order valence-electron chi connectivity index (χ0n) is 20.7. The van der Waals surface area contributed by atoms with Gasteiger partial charge in [-0.25, -0.2) is 4.68 Å². The second-order valence-electron chi connectivity index (χ2n) is 9.30. The van der Waals surface area contributed by atoms with E-state index < -0.39 is 0 Å². The van der Waals surface area contributed by atoms with E-state index in [4.69, 9.17) is 9.84 Å². The second-order valence-corrected chi connectivity index (χ2v) is 9.30. The molecule has 180 valence electrons. The second kappa shape index (κ2) is 11.1. The van der Waals surface area contributed by atoms with E-state index in [1.54, 1.807) is 4.68 Å². The van der Waals surface area contributed by atoms with Crippen LogP contribution in [0.4, 0.5) is 5.82 Å². The summed E-state index contributed by atoms with van der Waals surface area (Å²) >= 11 is 0. The number of hydrogen-bond donors (Lipinski definition) is 1. The van der Waals surface area contributed by atoms with Crippen molar-refractivity contribution in [1.29, 1.82) is 0 Å². The van der Waals surface area contributed by atoms with Gasteiger partial charge in [0.2, 0.25) is 11.8 Å². The topological polar surface area (TPSA) is 76.5 Å². The summed E-state index contributed by atoms with van der Waals surface area (Å²) in [6.07, 6.45) is 0. The lowest BCUT2D eigenvalue weighted by molar-refractivity contribution is -0.139. The number of amides is 2. The molecule has 1 N–H and O–H groups in total. The number of hydrogen-bond acceptors (Lipinski definition) is 4. The van der Waals surface area contributed by atoms with Crippen molar-refractivity contribution in [2.24, 2.45) is 0 Å². The lowest BCUT2D eigenvalue weighted by Gasteiger charge is -2.20. The Morgan fingerprint density at radius 1 is 1.06 bits per heavy atom. The predicted octanol–water partition coefficient (Wildman–Crippen LogP) is 4.48. The summed E-state index contributed by atoms with van der Waals surface area (Å²) < 4.78 is 7.32. The molecule has 0 atom stereocenters. The number of benzene rings is 2. The number of aromatic nitrogens is 2. The van der Waals surface area contributed by atoms with E-state index in [0.29, 0.717) is 19.0 Å². The molecule has 0 unspecified atom stereocenters. The Balaban J connectivity index is 1.68. The van der Waals surface area contributed by atoms with Gasteiger partial charge < -0.3 is 15.0 Å². The molecule has 7 nitrogen and oxygen atoms in total. The largest absolute Gasteiger partial charge is 0.367 e. The maximum absolute atomic E-state index is 12.9. The molecule has 0 spiro atoms. The first kappa shape index (κ1) is 25.2. The van der Waals surface area contributed by atoms with Crippen molar-refractivity contribution in [3.8, 4) is 5.69 Å². The van der Waals surface area contributed by atoms with Gasteiger partial charge in [-0.15, -0.1) is 0 Å². The van der Waals surface area contributed by atoms with Crippen LogP contribution in [0, 0.1) is 6.92 Å². The van der Waals surface area contributed by atoms with Gasteiger partial charge in [0.15, 0.2) is 0 Å². The van der Waals surface area contributed by atoms with Crippen LogP contribution in [0.2, 0.25) is 0 Å². The number of aryl methyl sites for hydroxylation is 1. The van der Waals surface area contributed by atoms with Crippen molar-refractivity contribution in [1.82, 2.24) is 14.7 Å². The lowest BCUT2D eigenvalue weighted by Crippen LogP contribution is -2.40. The van der Waals surface area contributed by atoms with Crippen LogP contribution in [0.25, 0.3) is 5.69 Å². The molecule has 0 saturated carbocycles. The molecule has 7 heteroatoms. The highest BCUT2D eigenvalue weighted by Gasteiger charge is 2.23. The van der Waals surface area contributed by atoms with Crippen LogP contribution in [-0.2, 0) is 26.3 Å². The molecule has 1 aromatic heterocycles. The van der Waals surface area contributed by atoms with Gasteiger partial charge in [-0.2, -0.15) is 5.10 Å². The fourth-order valence-electron chi connectivity index (χ4n) is 3.48. The number of likely N-dealkylation sites (N-methyl/N-ethyl adjacent to an activating group) is 1. The van der Waals surface area contributed by atoms with Crippen LogP contribution in [0.1, 0.15) is 44.5 Å². The number of nitrogens with one attached hydrogen (secondary N) is 1. The Labute approximate surface area is 201 Å². The molecule has 0 aliphatic heterocycles. The van der Waals surface area contributed by atoms with E-state index in [0.717, 1.165) is 22.5 Å². The van der Waals surface area contributed by atoms with E-state index in [1.807, 2.05) is 74.5 Å². The van der Waals surface area contributed by atoms with Crippen molar-refractivity contribution < 1.29 is 14.3 Å². The van der Waals surface area contributed by atoms with Crippen LogP contribution in [0.5, 0.6) is 0 Å². The molecule has 0 aliphatic carbocycles. The Hall–Kier alpha value is -3.45. The summed E-state index contributed by atoms with van der Waals surface area (Å²) in [7, 11) is 0. The Morgan fingerprint density at radius 3 is 2.38 bits per heavy atom. The van der Waals surface area contributed by atoms with E-state index in [2.05, 4.69) is 26.1 Å². The smallest absolute Gasteiger partial charge is 0.249 e. The van der Waals surface area contributed by atoms with Gasteiger partial charge in [0.25, 0.3) is 0 Å². The third kappa shape index (κ3) is 6.54. The maximum atomic E-state index is 12.9. The summed E-state index contributed by atoms with van der Waals surface area (Å²) in [4.78, 5) is 27.0. The van der Waals surface area contributed by atoms with Crippen LogP contribution >= 0.6 is 0 Å². The molecular formula is C27H34N4O3. The van der Waals surface area contributed by atoms with Gasteiger partial charge in [0.05, 0.1) is 24.5 Å². The average molecular weight is 463 g/mol. The summed E-state index contributed by atoms with van der Waals surface area (Å²) in [5.41, 5.74) is 3.61. The van der Waals surface area contributed by atoms with Crippen molar-refractivity contribution in [3.63, 3.8) is 0 Å². The molecule has 0 saturated heterocycles. The van der Waals surface area contributed by atoms with E-state index in [1.165, 1.54) is 4.90 Å². The molecular weight excluding hydrogens is 428 g/mol. The van der Waals surface area contributed by atoms with Gasteiger partial charge in [-0.3, -0.25) is 9.59 Å². The van der Waals surface area contributed by atoms with Gasteiger partial charge in [0.1, 0.15) is 12.4 Å². The highest BCUT2D eigenvalue weighted by Crippen LogP contribution is 2.27. The zero-order valence-corrected chi connectivity index (χ0v) is 20.7. The highest BCUT2D eigenvalue weighted by atomic mass is 16.5. The number of anilines is 1. The lowest BCUT2D eigenvalue weighted by atomic mass is 9.92. The summed E-state index contributed by atoms with van der Waals surface area (Å²) in [5.74, 6) is 0.0675. The van der Waals surface area contributed by atoms with E-state index in [-0.39, 0.29) is 30.4 Å². The van der Waals surface area contributed by atoms with Crippen LogP contribution in [0.15, 0.2) is 60.7 Å². The molecule has 2 aromatic carbocycles. The van der Waals surface area contributed by atoms with Gasteiger partial charge >= 0.3 is 0 Å². The Morgan fingerprint density at radius 2 is 1.74 bits per heavy atom. The first-order valence-corrected chi connectivity index (χ1v) is 11.5. The maximum Gasteiger partial charge on any atom is 0.249 e. The normalized spacial score (nSPS) is 11.3. The Bertz CT molecular complexity index is 1120. The van der Waals surface area contributed by atoms with Crippen molar-refractivity contribution in [2.75, 3.05) is 25.0 Å². The fraction of sp³-hybridized carbons (Fsp3) is 0.370. The van der Waals surface area contributed by atoms with Crippen molar-refractivity contribution in [2.45, 2.75) is 46.6 Å². The third-order valence-electron chi connectivity index (χ3n) is 5.49. The molecule has 3 rings (SSSR count). The van der Waals surface area contributed by atoms with Crippen LogP contribution in [0.3, 0.4) is 0 Å². The molecule has 0 radical (unpaired) electrons.